The number of fused-ring (bicyclic) bond motifs is 2. The van der Waals surface area contributed by atoms with Crippen molar-refractivity contribution in [1.29, 1.82) is 0 Å². The molecule has 8 nitrogen and oxygen atoms in total. The number of ether oxygens (including phenoxy) is 2. The fraction of sp³-hybridized carbons (Fsp3) is 0.393. The van der Waals surface area contributed by atoms with Gasteiger partial charge >= 0.3 is 11.9 Å². The monoisotopic (exact) mass is 526 g/mol. The number of esters is 1. The molecule has 196 valence electrons. The molecule has 0 aliphatic heterocycles. The number of aliphatic carboxylic acids is 1. The van der Waals surface area contributed by atoms with Crippen LogP contribution in [0.15, 0.2) is 48.5 Å². The summed E-state index contributed by atoms with van der Waals surface area (Å²) in [7, 11) is 1.45. The highest BCUT2D eigenvalue weighted by molar-refractivity contribution is 6.31. The Kier molecular flexibility index (Phi) is 7.90. The summed E-state index contributed by atoms with van der Waals surface area (Å²) in [6.07, 6.45) is 0.343. The van der Waals surface area contributed by atoms with E-state index in [1.54, 1.807) is 37.3 Å². The molecule has 2 aromatic carbocycles. The number of aromatic amines is 1. The highest BCUT2D eigenvalue weighted by Crippen LogP contribution is 2.49. The Morgan fingerprint density at radius 1 is 1.22 bits per heavy atom. The van der Waals surface area contributed by atoms with Gasteiger partial charge in [-0.3, -0.25) is 14.4 Å². The van der Waals surface area contributed by atoms with Gasteiger partial charge in [0.05, 0.1) is 6.10 Å². The summed E-state index contributed by atoms with van der Waals surface area (Å²) in [5, 5.41) is 14.9. The summed E-state index contributed by atoms with van der Waals surface area (Å²) < 4.78 is 10.9. The summed E-state index contributed by atoms with van der Waals surface area (Å²) >= 11 is 6.09. The van der Waals surface area contributed by atoms with Crippen LogP contribution in [0.5, 0.6) is 0 Å². The van der Waals surface area contributed by atoms with Crippen molar-refractivity contribution in [2.75, 3.05) is 13.7 Å². The summed E-state index contributed by atoms with van der Waals surface area (Å²) in [5.74, 6) is -3.40. The lowest BCUT2D eigenvalue weighted by Crippen LogP contribution is -2.53. The number of carboxylic acids is 1. The average Bonchev–Trinajstić information content (AvgIpc) is 3.45. The van der Waals surface area contributed by atoms with E-state index in [1.807, 2.05) is 25.1 Å². The maximum Gasteiger partial charge on any atom is 0.324 e. The zero-order valence-corrected chi connectivity index (χ0v) is 21.8. The van der Waals surface area contributed by atoms with Gasteiger partial charge in [-0.05, 0) is 61.6 Å². The van der Waals surface area contributed by atoms with E-state index in [2.05, 4.69) is 10.3 Å². The van der Waals surface area contributed by atoms with Gasteiger partial charge in [0.2, 0.25) is 0 Å². The maximum atomic E-state index is 13.6. The molecule has 0 bridgehead atoms. The number of hydrogen-bond donors (Lipinski definition) is 3. The topological polar surface area (TPSA) is 118 Å². The summed E-state index contributed by atoms with van der Waals surface area (Å²) in [4.78, 5) is 43.1. The van der Waals surface area contributed by atoms with Crippen LogP contribution in [0.1, 0.15) is 54.2 Å². The van der Waals surface area contributed by atoms with Crippen LogP contribution in [0.3, 0.4) is 0 Å². The minimum absolute atomic E-state index is 0.0318. The molecule has 0 spiro atoms. The van der Waals surface area contributed by atoms with Crippen molar-refractivity contribution in [1.82, 2.24) is 10.3 Å². The SMILES string of the molecule is CCC(C)OC(=O)C(CCOC)(C(=O)O)[C@@H]1c2ccccc2C[C@H]1NC(=O)c1cc2cc(Cl)ccc2[nH]1. The maximum absolute atomic E-state index is 13.6. The number of H-pyrrole nitrogens is 1. The van der Waals surface area contributed by atoms with E-state index in [9.17, 15) is 19.5 Å². The van der Waals surface area contributed by atoms with E-state index in [0.29, 0.717) is 29.1 Å². The second-order valence-electron chi connectivity index (χ2n) is 9.52. The second-order valence-corrected chi connectivity index (χ2v) is 9.96. The Morgan fingerprint density at radius 2 is 1.97 bits per heavy atom. The first-order valence-electron chi connectivity index (χ1n) is 12.3. The number of methoxy groups -OCH3 is 1. The van der Waals surface area contributed by atoms with Crippen molar-refractivity contribution in [2.24, 2.45) is 5.41 Å². The lowest BCUT2D eigenvalue weighted by Gasteiger charge is -2.37. The largest absolute Gasteiger partial charge is 0.480 e. The number of amides is 1. The van der Waals surface area contributed by atoms with Gasteiger partial charge < -0.3 is 24.9 Å². The van der Waals surface area contributed by atoms with Gasteiger partial charge in [0.15, 0.2) is 5.41 Å². The molecule has 1 aliphatic carbocycles. The van der Waals surface area contributed by atoms with Crippen molar-refractivity contribution in [3.63, 3.8) is 0 Å². The van der Waals surface area contributed by atoms with Crippen LogP contribution in [-0.4, -0.2) is 53.8 Å². The number of benzene rings is 2. The van der Waals surface area contributed by atoms with Crippen molar-refractivity contribution in [3.8, 4) is 0 Å². The summed E-state index contributed by atoms with van der Waals surface area (Å²) in [6.45, 7) is 3.62. The molecule has 1 heterocycles. The number of rotatable bonds is 10. The normalized spacial score (nSPS) is 19.1. The van der Waals surface area contributed by atoms with Crippen LogP contribution in [0.25, 0.3) is 10.9 Å². The molecular weight excluding hydrogens is 496 g/mol. The third kappa shape index (κ3) is 5.08. The molecule has 0 saturated heterocycles. The molecule has 0 saturated carbocycles. The second kappa shape index (κ2) is 10.9. The Bertz CT molecular complexity index is 1320. The molecule has 1 aromatic heterocycles. The van der Waals surface area contributed by atoms with Gasteiger partial charge in [-0.25, -0.2) is 0 Å². The van der Waals surface area contributed by atoms with Crippen LogP contribution < -0.4 is 5.32 Å². The van der Waals surface area contributed by atoms with E-state index < -0.39 is 41.3 Å². The zero-order chi connectivity index (χ0) is 26.7. The van der Waals surface area contributed by atoms with E-state index in [0.717, 1.165) is 16.5 Å². The molecule has 3 N–H and O–H groups in total. The van der Waals surface area contributed by atoms with Crippen molar-refractivity contribution in [3.05, 3.63) is 70.4 Å². The molecule has 37 heavy (non-hydrogen) atoms. The minimum atomic E-state index is -1.96. The van der Waals surface area contributed by atoms with Crippen LogP contribution in [0, 0.1) is 5.41 Å². The van der Waals surface area contributed by atoms with Gasteiger partial charge in [-0.1, -0.05) is 42.8 Å². The fourth-order valence-corrected chi connectivity index (χ4v) is 5.34. The lowest BCUT2D eigenvalue weighted by atomic mass is 9.68. The minimum Gasteiger partial charge on any atom is -0.480 e. The molecule has 2 unspecified atom stereocenters. The molecular formula is C28H31ClN2O6. The number of nitrogens with one attached hydrogen (secondary N) is 2. The average molecular weight is 527 g/mol. The van der Waals surface area contributed by atoms with Crippen molar-refractivity contribution < 1.29 is 29.0 Å². The predicted octanol–water partition coefficient (Wildman–Crippen LogP) is 4.71. The first-order valence-corrected chi connectivity index (χ1v) is 12.7. The molecule has 1 amide bonds. The number of halogens is 1. The van der Waals surface area contributed by atoms with Gasteiger partial charge in [0.25, 0.3) is 5.91 Å². The van der Waals surface area contributed by atoms with E-state index in [4.69, 9.17) is 21.1 Å². The van der Waals surface area contributed by atoms with E-state index in [-0.39, 0.29) is 13.0 Å². The Labute approximate surface area is 220 Å². The molecule has 0 fully saturated rings. The Balaban J connectivity index is 1.76. The fourth-order valence-electron chi connectivity index (χ4n) is 5.16. The number of carbonyl (C=O) groups is 3. The van der Waals surface area contributed by atoms with E-state index in [1.165, 1.54) is 7.11 Å². The van der Waals surface area contributed by atoms with Crippen molar-refractivity contribution >= 4 is 40.3 Å². The lowest BCUT2D eigenvalue weighted by molar-refractivity contribution is -0.176. The van der Waals surface area contributed by atoms with Crippen molar-refractivity contribution in [2.45, 2.75) is 51.2 Å². The Morgan fingerprint density at radius 3 is 2.68 bits per heavy atom. The summed E-state index contributed by atoms with van der Waals surface area (Å²) in [6, 6.07) is 13.7. The smallest absolute Gasteiger partial charge is 0.324 e. The zero-order valence-electron chi connectivity index (χ0n) is 21.0. The van der Waals surface area contributed by atoms with E-state index >= 15 is 0 Å². The number of hydrogen-bond acceptors (Lipinski definition) is 5. The standard InChI is InChI=1S/C28H31ClN2O6/c1-4-16(2)37-27(35)28(26(33)34,11-12-36-3)24-20-8-6-5-7-17(20)14-22(24)31-25(32)23-15-18-13-19(29)9-10-21(18)30-23/h5-10,13,15-16,22,24,30H,4,11-12,14H2,1-3H3,(H,31,32)(H,33,34)/t16?,22-,24-,28?/m1/s1. The third-order valence-corrected chi connectivity index (χ3v) is 7.47. The van der Waals surface area contributed by atoms with Gasteiger partial charge in [0.1, 0.15) is 5.69 Å². The molecule has 4 rings (SSSR count). The van der Waals surface area contributed by atoms with Gasteiger partial charge in [-0.15, -0.1) is 0 Å². The first kappa shape index (κ1) is 26.7. The molecule has 9 heteroatoms. The van der Waals surface area contributed by atoms with Gasteiger partial charge in [0, 0.05) is 41.6 Å². The first-order chi connectivity index (χ1) is 17.7. The molecule has 0 radical (unpaired) electrons. The van der Waals surface area contributed by atoms with Crippen LogP contribution in [0.4, 0.5) is 0 Å². The third-order valence-electron chi connectivity index (χ3n) is 7.24. The quantitative estimate of drug-likeness (QED) is 0.260. The molecule has 1 aliphatic rings. The van der Waals surface area contributed by atoms with Crippen LogP contribution in [-0.2, 0) is 25.5 Å². The number of aromatic nitrogens is 1. The highest BCUT2D eigenvalue weighted by atomic mass is 35.5. The predicted molar refractivity (Wildman–Crippen MR) is 140 cm³/mol. The number of carbonyl (C=O) groups excluding carboxylic acids is 2. The number of carboxylic acid groups (broad SMARTS) is 1. The Hall–Kier alpha value is -3.36. The van der Waals surface area contributed by atoms with Crippen LogP contribution in [0.2, 0.25) is 5.02 Å². The molecule has 3 aromatic rings. The van der Waals surface area contributed by atoms with Crippen LogP contribution >= 0.6 is 11.6 Å². The summed E-state index contributed by atoms with van der Waals surface area (Å²) in [5.41, 5.74) is 0.680. The highest BCUT2D eigenvalue weighted by Gasteiger charge is 2.59. The van der Waals surface area contributed by atoms with Gasteiger partial charge in [-0.2, -0.15) is 0 Å². The molecule has 4 atom stereocenters.